The minimum atomic E-state index is -5.79. The molecule has 13 heteroatoms. The molecule has 412 valence electrons. The average Bonchev–Trinajstić information content (AvgIpc) is 3.42. The van der Waals surface area contributed by atoms with Crippen LogP contribution in [0.2, 0.25) is 0 Å². The Hall–Kier alpha value is -5.95. The molecule has 0 bridgehead atoms. The normalized spacial score (nSPS) is 13.9. The van der Waals surface area contributed by atoms with Gasteiger partial charge in [0.15, 0.2) is 0 Å². The summed E-state index contributed by atoms with van der Waals surface area (Å²) in [5, 5.41) is -1.69. The maximum absolute atomic E-state index is 14.3. The summed E-state index contributed by atoms with van der Waals surface area (Å²) in [5.74, 6) is -8.74. The largest absolute Gasteiger partial charge is 0.494 e. The fourth-order valence-corrected chi connectivity index (χ4v) is 11.1. The molecule has 2 atom stereocenters. The Kier molecular flexibility index (Phi) is 22.8. The lowest BCUT2D eigenvalue weighted by molar-refractivity contribution is -0.284. The van der Waals surface area contributed by atoms with E-state index < -0.39 is 60.4 Å². The van der Waals surface area contributed by atoms with Crippen LogP contribution in [-0.4, -0.2) is 47.9 Å². The molecule has 0 aliphatic heterocycles. The highest BCUT2D eigenvalue weighted by Gasteiger charge is 2.58. The number of rotatable bonds is 30. The highest BCUT2D eigenvalue weighted by atomic mass is 32.2. The van der Waals surface area contributed by atoms with Gasteiger partial charge in [0.2, 0.25) is 0 Å². The summed E-state index contributed by atoms with van der Waals surface area (Å²) in [7, 11) is 0. The lowest BCUT2D eigenvalue weighted by Gasteiger charge is -2.28. The van der Waals surface area contributed by atoms with Gasteiger partial charge in [0.25, 0.3) is 0 Å². The van der Waals surface area contributed by atoms with Crippen LogP contribution in [0, 0.1) is 0 Å². The zero-order valence-electron chi connectivity index (χ0n) is 43.6. The van der Waals surface area contributed by atoms with Gasteiger partial charge in [-0.15, -0.1) is 0 Å². The fraction of sp³-hybridized carbons (Fsp3) is 0.375. The number of halogens is 10. The third kappa shape index (κ3) is 18.1. The maximum Gasteiger partial charge on any atom is 0.453 e. The molecule has 77 heavy (non-hydrogen) atoms. The van der Waals surface area contributed by atoms with E-state index in [0.29, 0.717) is 63.2 Å². The molecule has 0 saturated heterocycles. The number of thioether (sulfide) groups is 1. The molecule has 0 saturated carbocycles. The summed E-state index contributed by atoms with van der Waals surface area (Å²) >= 11 is 0.950. The Labute approximate surface area is 452 Å². The number of allylic oxidation sites excluding steroid dienone is 2. The molecule has 6 aromatic carbocycles. The van der Waals surface area contributed by atoms with Crippen molar-refractivity contribution in [3.8, 4) is 11.5 Å². The Morgan fingerprint density at radius 2 is 0.662 bits per heavy atom. The minimum Gasteiger partial charge on any atom is -0.494 e. The van der Waals surface area contributed by atoms with Crippen molar-refractivity contribution in [1.29, 1.82) is 0 Å². The van der Waals surface area contributed by atoms with Crippen molar-refractivity contribution in [1.82, 2.24) is 0 Å². The molecule has 0 radical (unpaired) electrons. The molecular formula is C64H68F10O2S. The van der Waals surface area contributed by atoms with Crippen LogP contribution in [0.4, 0.5) is 43.9 Å². The van der Waals surface area contributed by atoms with Gasteiger partial charge in [-0.1, -0.05) is 185 Å². The van der Waals surface area contributed by atoms with Crippen LogP contribution in [0.1, 0.15) is 137 Å². The van der Waals surface area contributed by atoms with Crippen LogP contribution in [-0.2, 0) is 0 Å². The molecule has 2 unspecified atom stereocenters. The first-order chi connectivity index (χ1) is 36.9. The first kappa shape index (κ1) is 60.3. The Balaban J connectivity index is 1.05. The van der Waals surface area contributed by atoms with E-state index in [-0.39, 0.29) is 12.8 Å². The predicted octanol–water partition coefficient (Wildman–Crippen LogP) is 20.4. The monoisotopic (exact) mass is 1090 g/mol. The summed E-state index contributed by atoms with van der Waals surface area (Å²) in [6.07, 6.45) is -11.1. The van der Waals surface area contributed by atoms with Crippen LogP contribution in [0.5, 0.6) is 11.5 Å². The topological polar surface area (TPSA) is 18.5 Å². The molecule has 0 aliphatic rings. The summed E-state index contributed by atoms with van der Waals surface area (Å²) in [4.78, 5) is 0. The number of alkyl halides is 10. The zero-order valence-corrected chi connectivity index (χ0v) is 44.5. The van der Waals surface area contributed by atoms with Crippen LogP contribution >= 0.6 is 11.8 Å². The van der Waals surface area contributed by atoms with Gasteiger partial charge in [0, 0.05) is 23.3 Å². The molecule has 6 rings (SSSR count). The van der Waals surface area contributed by atoms with E-state index in [4.69, 9.17) is 9.47 Å². The van der Waals surface area contributed by atoms with Gasteiger partial charge in [-0.05, 0) is 131 Å². The lowest BCUT2D eigenvalue weighted by Crippen LogP contribution is -2.37. The van der Waals surface area contributed by atoms with Gasteiger partial charge in [-0.25, -0.2) is 0 Å². The first-order valence-corrected chi connectivity index (χ1v) is 27.5. The van der Waals surface area contributed by atoms with Gasteiger partial charge in [0.05, 0.1) is 13.2 Å². The van der Waals surface area contributed by atoms with Crippen LogP contribution in [0.25, 0.3) is 22.3 Å². The van der Waals surface area contributed by atoms with E-state index in [1.165, 1.54) is 11.1 Å². The maximum atomic E-state index is 14.3. The molecular weight excluding hydrogens is 1020 g/mol. The number of unbranched alkanes of at least 4 members (excludes halogenated alkanes) is 4. The van der Waals surface area contributed by atoms with Crippen molar-refractivity contribution in [3.63, 3.8) is 0 Å². The van der Waals surface area contributed by atoms with Crippen molar-refractivity contribution in [2.75, 3.05) is 13.2 Å². The smallest absolute Gasteiger partial charge is 0.453 e. The molecule has 0 aliphatic carbocycles. The summed E-state index contributed by atoms with van der Waals surface area (Å²) < 4.78 is 149. The van der Waals surface area contributed by atoms with Gasteiger partial charge in [-0.2, -0.15) is 55.7 Å². The number of benzene rings is 6. The molecule has 0 spiro atoms. The highest BCUT2D eigenvalue weighted by Crippen LogP contribution is 2.45. The molecule has 0 N–H and O–H groups in total. The van der Waals surface area contributed by atoms with Gasteiger partial charge in [0.1, 0.15) is 11.5 Å². The summed E-state index contributed by atoms with van der Waals surface area (Å²) in [5.41, 5.74) is 11.0. The number of hydrogen-bond acceptors (Lipinski definition) is 3. The first-order valence-electron chi connectivity index (χ1n) is 26.6. The second kappa shape index (κ2) is 29.1. The van der Waals surface area contributed by atoms with Gasteiger partial charge in [-0.3, -0.25) is 0 Å². The van der Waals surface area contributed by atoms with E-state index in [2.05, 4.69) is 62.4 Å². The molecule has 0 fully saturated rings. The van der Waals surface area contributed by atoms with Gasteiger partial charge >= 0.3 is 24.2 Å². The van der Waals surface area contributed by atoms with Crippen molar-refractivity contribution < 1.29 is 53.4 Å². The summed E-state index contributed by atoms with van der Waals surface area (Å²) in [6, 6.07) is 56.1. The van der Waals surface area contributed by atoms with E-state index in [0.717, 1.165) is 69.1 Å². The second-order valence-corrected chi connectivity index (χ2v) is 20.8. The third-order valence-corrected chi connectivity index (χ3v) is 15.3. The summed E-state index contributed by atoms with van der Waals surface area (Å²) in [6.45, 7) is 4.82. The quantitative estimate of drug-likeness (QED) is 0.0254. The van der Waals surface area contributed by atoms with Crippen LogP contribution in [0.15, 0.2) is 170 Å². The standard InChI is InChI=1S/C64H68F10O2S/c1-3-57(47-23-11-5-12-24-47)59(49-27-15-7-16-28-49)51-33-37-53(38-34-51)75-45-21-9-19-31-55(41-43-61(65,66)63(69,70)71)77-56(42-44-62(67,68)64(72,73)74)32-20-10-22-46-76-54-39-35-52(36-40-54)60(50-29-17-8-18-30-50)58(4-2)48-25-13-6-14-26-48/h5-8,11-18,23-30,33-40,55-56H,3-4,9-10,19-22,31-32,41-46H2,1-2H3. The SMILES string of the molecule is CCC(=C(c1ccccc1)c1ccc(OCCCCCC(CCC(F)(F)C(F)(F)F)SC(CCCCCOc2ccc(C(=C(CC)c3ccccc3)c3ccccc3)cc2)CCC(F)(F)C(F)(F)F)cc1)c1ccccc1. The lowest BCUT2D eigenvalue weighted by atomic mass is 9.88. The highest BCUT2D eigenvalue weighted by molar-refractivity contribution is 8.00. The molecule has 2 nitrogen and oxygen atoms in total. The van der Waals surface area contributed by atoms with E-state index >= 15 is 0 Å². The predicted molar refractivity (Wildman–Crippen MR) is 295 cm³/mol. The fourth-order valence-electron chi connectivity index (χ4n) is 9.49. The molecule has 0 heterocycles. The minimum absolute atomic E-state index is 0.163. The van der Waals surface area contributed by atoms with E-state index in [1.54, 1.807) is 0 Å². The second-order valence-electron chi connectivity index (χ2n) is 19.2. The van der Waals surface area contributed by atoms with E-state index in [1.807, 2.05) is 121 Å². The van der Waals surface area contributed by atoms with Gasteiger partial charge < -0.3 is 9.47 Å². The zero-order chi connectivity index (χ0) is 55.3. The Morgan fingerprint density at radius 3 is 0.961 bits per heavy atom. The molecule has 0 aromatic heterocycles. The number of hydrogen-bond donors (Lipinski definition) is 0. The van der Waals surface area contributed by atoms with E-state index in [9.17, 15) is 43.9 Å². The molecule has 0 amide bonds. The van der Waals surface area contributed by atoms with Crippen molar-refractivity contribution >= 4 is 34.1 Å². The van der Waals surface area contributed by atoms with Crippen LogP contribution in [0.3, 0.4) is 0 Å². The van der Waals surface area contributed by atoms with Crippen molar-refractivity contribution in [3.05, 3.63) is 203 Å². The third-order valence-electron chi connectivity index (χ3n) is 13.6. The Bertz CT molecular complexity index is 2520. The van der Waals surface area contributed by atoms with Crippen molar-refractivity contribution in [2.24, 2.45) is 0 Å². The van der Waals surface area contributed by atoms with Crippen molar-refractivity contribution in [2.45, 2.75) is 138 Å². The average molecular weight is 1090 g/mol. The number of ether oxygens (including phenoxy) is 2. The molecule has 6 aromatic rings. The Morgan fingerprint density at radius 1 is 0.364 bits per heavy atom. The van der Waals surface area contributed by atoms with Crippen LogP contribution < -0.4 is 9.47 Å².